The number of carbonyl (C=O) groups excluding carboxylic acids is 1. The average Bonchev–Trinajstić information content (AvgIpc) is 2.49. The van der Waals surface area contributed by atoms with Crippen molar-refractivity contribution in [3.05, 3.63) is 64.9 Å². The molecule has 1 atom stereocenters. The molecule has 0 saturated carbocycles. The number of aliphatic carboxylic acids is 1. The fourth-order valence-electron chi connectivity index (χ4n) is 1.82. The Morgan fingerprint density at radius 2 is 2.00 bits per heavy atom. The number of hydrogen-bond acceptors (Lipinski definition) is 3. The van der Waals surface area contributed by atoms with Gasteiger partial charge in [-0.25, -0.2) is 4.79 Å². The molecule has 2 N–H and O–H groups in total. The highest BCUT2D eigenvalue weighted by Crippen LogP contribution is 2.17. The molecule has 0 radical (unpaired) electrons. The number of benzene rings is 1. The van der Waals surface area contributed by atoms with Crippen LogP contribution in [0.3, 0.4) is 0 Å². The van der Waals surface area contributed by atoms with Gasteiger partial charge in [-0.2, -0.15) is 0 Å². The van der Waals surface area contributed by atoms with Crippen molar-refractivity contribution >= 4 is 23.5 Å². The second-order valence-electron chi connectivity index (χ2n) is 4.40. The summed E-state index contributed by atoms with van der Waals surface area (Å²) in [4.78, 5) is 27.1. The number of nitrogens with zero attached hydrogens (tertiary/aromatic N) is 1. The normalized spacial score (nSPS) is 11.7. The molecule has 2 rings (SSSR count). The van der Waals surface area contributed by atoms with Crippen molar-refractivity contribution < 1.29 is 14.7 Å². The third-order valence-electron chi connectivity index (χ3n) is 2.91. The highest BCUT2D eigenvalue weighted by atomic mass is 35.5. The average molecular weight is 305 g/mol. The van der Waals surface area contributed by atoms with Gasteiger partial charge < -0.3 is 10.4 Å². The van der Waals surface area contributed by atoms with Crippen LogP contribution in [0.1, 0.15) is 15.9 Å². The number of amides is 1. The number of hydrogen-bond donors (Lipinski definition) is 2. The van der Waals surface area contributed by atoms with E-state index < -0.39 is 17.9 Å². The monoisotopic (exact) mass is 304 g/mol. The number of rotatable bonds is 5. The summed E-state index contributed by atoms with van der Waals surface area (Å²) in [7, 11) is 0. The molecule has 0 aliphatic rings. The van der Waals surface area contributed by atoms with Gasteiger partial charge >= 0.3 is 5.97 Å². The van der Waals surface area contributed by atoms with E-state index in [0.29, 0.717) is 16.1 Å². The van der Waals surface area contributed by atoms with E-state index in [2.05, 4.69) is 10.3 Å². The lowest BCUT2D eigenvalue weighted by Gasteiger charge is -2.15. The molecule has 0 saturated heterocycles. The summed E-state index contributed by atoms with van der Waals surface area (Å²) in [5.41, 5.74) is 0.973. The standard InChI is InChI=1S/C15H13ClN2O3/c16-12-6-2-1-4-10(12)8-13(15(20)21)18-14(19)11-5-3-7-17-9-11/h1-7,9,13H,8H2,(H,18,19)(H,20,21)/t13-/m0/s1. The van der Waals surface area contributed by atoms with Crippen molar-refractivity contribution in [1.82, 2.24) is 10.3 Å². The minimum absolute atomic E-state index is 0.112. The fraction of sp³-hybridized carbons (Fsp3) is 0.133. The van der Waals surface area contributed by atoms with Crippen LogP contribution in [0.4, 0.5) is 0 Å². The van der Waals surface area contributed by atoms with E-state index in [9.17, 15) is 14.7 Å². The lowest BCUT2D eigenvalue weighted by atomic mass is 10.1. The van der Waals surface area contributed by atoms with Crippen LogP contribution in [-0.2, 0) is 11.2 Å². The van der Waals surface area contributed by atoms with E-state index in [1.807, 2.05) is 0 Å². The number of pyridine rings is 1. The molecule has 0 aliphatic heterocycles. The molecule has 1 aromatic heterocycles. The predicted molar refractivity (Wildman–Crippen MR) is 78.3 cm³/mol. The number of carboxylic acid groups (broad SMARTS) is 1. The van der Waals surface area contributed by atoms with Gasteiger partial charge in [0.15, 0.2) is 0 Å². The molecule has 5 nitrogen and oxygen atoms in total. The SMILES string of the molecule is O=C(N[C@@H](Cc1ccccc1Cl)C(=O)O)c1cccnc1. The first-order valence-corrected chi connectivity index (χ1v) is 6.63. The Balaban J connectivity index is 2.12. The molecule has 0 aliphatic carbocycles. The van der Waals surface area contributed by atoms with Gasteiger partial charge in [-0.05, 0) is 23.8 Å². The minimum Gasteiger partial charge on any atom is -0.480 e. The highest BCUT2D eigenvalue weighted by Gasteiger charge is 2.22. The van der Waals surface area contributed by atoms with E-state index in [1.165, 1.54) is 12.4 Å². The molecule has 0 bridgehead atoms. The van der Waals surface area contributed by atoms with E-state index in [1.54, 1.807) is 36.4 Å². The molecule has 1 heterocycles. The number of carboxylic acids is 1. The molecule has 108 valence electrons. The Morgan fingerprint density at radius 1 is 1.24 bits per heavy atom. The summed E-state index contributed by atoms with van der Waals surface area (Å²) >= 11 is 6.01. The maximum Gasteiger partial charge on any atom is 0.326 e. The summed E-state index contributed by atoms with van der Waals surface area (Å²) in [6, 6.07) is 9.05. The topological polar surface area (TPSA) is 79.3 Å². The smallest absolute Gasteiger partial charge is 0.326 e. The van der Waals surface area contributed by atoms with E-state index in [-0.39, 0.29) is 6.42 Å². The van der Waals surface area contributed by atoms with Crippen LogP contribution in [0.2, 0.25) is 5.02 Å². The second-order valence-corrected chi connectivity index (χ2v) is 4.81. The quantitative estimate of drug-likeness (QED) is 0.887. The Morgan fingerprint density at radius 3 is 2.62 bits per heavy atom. The van der Waals surface area contributed by atoms with Crippen molar-refractivity contribution in [1.29, 1.82) is 0 Å². The molecule has 1 aromatic carbocycles. The van der Waals surface area contributed by atoms with Crippen LogP contribution in [0, 0.1) is 0 Å². The maximum absolute atomic E-state index is 12.0. The zero-order valence-corrected chi connectivity index (χ0v) is 11.7. The highest BCUT2D eigenvalue weighted by molar-refractivity contribution is 6.31. The molecule has 0 spiro atoms. The number of nitrogens with one attached hydrogen (secondary N) is 1. The Bertz CT molecular complexity index is 646. The largest absolute Gasteiger partial charge is 0.480 e. The van der Waals surface area contributed by atoms with Gasteiger partial charge in [-0.3, -0.25) is 9.78 Å². The van der Waals surface area contributed by atoms with Gasteiger partial charge in [-0.1, -0.05) is 29.8 Å². The minimum atomic E-state index is -1.12. The lowest BCUT2D eigenvalue weighted by Crippen LogP contribution is -2.42. The second kappa shape index (κ2) is 6.85. The van der Waals surface area contributed by atoms with Crippen LogP contribution in [0.5, 0.6) is 0 Å². The molecular formula is C15H13ClN2O3. The molecule has 0 unspecified atom stereocenters. The van der Waals surface area contributed by atoms with Gasteiger partial charge in [0.05, 0.1) is 5.56 Å². The summed E-state index contributed by atoms with van der Waals surface area (Å²) in [6.07, 6.45) is 3.03. The van der Waals surface area contributed by atoms with E-state index >= 15 is 0 Å². The zero-order chi connectivity index (χ0) is 15.2. The maximum atomic E-state index is 12.0. The van der Waals surface area contributed by atoms with Gasteiger partial charge in [0.1, 0.15) is 6.04 Å². The van der Waals surface area contributed by atoms with E-state index in [4.69, 9.17) is 11.6 Å². The Hall–Kier alpha value is -2.40. The van der Waals surface area contributed by atoms with Crippen LogP contribution < -0.4 is 5.32 Å². The summed E-state index contributed by atoms with van der Waals surface area (Å²) < 4.78 is 0. The van der Waals surface area contributed by atoms with Crippen LogP contribution >= 0.6 is 11.6 Å². The molecular weight excluding hydrogens is 292 g/mol. The first-order valence-electron chi connectivity index (χ1n) is 6.25. The number of halogens is 1. The Labute approximate surface area is 126 Å². The fourth-order valence-corrected chi connectivity index (χ4v) is 2.04. The summed E-state index contributed by atoms with van der Waals surface area (Å²) in [5, 5.41) is 12.2. The third kappa shape index (κ3) is 4.03. The third-order valence-corrected chi connectivity index (χ3v) is 3.28. The number of carbonyl (C=O) groups is 2. The molecule has 6 heteroatoms. The zero-order valence-electron chi connectivity index (χ0n) is 11.0. The lowest BCUT2D eigenvalue weighted by molar-refractivity contribution is -0.139. The molecule has 21 heavy (non-hydrogen) atoms. The van der Waals surface area contributed by atoms with Gasteiger partial charge in [0.25, 0.3) is 5.91 Å². The molecule has 2 aromatic rings. The van der Waals surface area contributed by atoms with Crippen LogP contribution in [-0.4, -0.2) is 28.0 Å². The predicted octanol–water partition coefficient (Wildman–Crippen LogP) is 2.16. The molecule has 1 amide bonds. The molecule has 0 fully saturated rings. The first kappa shape index (κ1) is 15.0. The summed E-state index contributed by atoms with van der Waals surface area (Å²) in [5.74, 6) is -1.60. The number of aromatic nitrogens is 1. The van der Waals surface area contributed by atoms with Gasteiger partial charge in [0, 0.05) is 23.8 Å². The van der Waals surface area contributed by atoms with Gasteiger partial charge in [-0.15, -0.1) is 0 Å². The van der Waals surface area contributed by atoms with Crippen molar-refractivity contribution in [2.45, 2.75) is 12.5 Å². The summed E-state index contributed by atoms with van der Waals surface area (Å²) in [6.45, 7) is 0. The first-order chi connectivity index (χ1) is 10.1. The van der Waals surface area contributed by atoms with Crippen LogP contribution in [0.25, 0.3) is 0 Å². The van der Waals surface area contributed by atoms with Gasteiger partial charge in [0.2, 0.25) is 0 Å². The van der Waals surface area contributed by atoms with E-state index in [0.717, 1.165) is 0 Å². The van der Waals surface area contributed by atoms with Crippen molar-refractivity contribution in [2.24, 2.45) is 0 Å². The van der Waals surface area contributed by atoms with Crippen molar-refractivity contribution in [2.75, 3.05) is 0 Å². The van der Waals surface area contributed by atoms with Crippen molar-refractivity contribution in [3.63, 3.8) is 0 Å². The Kier molecular flexibility index (Phi) is 4.90. The van der Waals surface area contributed by atoms with Crippen LogP contribution in [0.15, 0.2) is 48.8 Å². The van der Waals surface area contributed by atoms with Crippen molar-refractivity contribution in [3.8, 4) is 0 Å².